The molecule has 84 valence electrons. The van der Waals surface area contributed by atoms with Crippen molar-refractivity contribution in [3.05, 3.63) is 11.8 Å². The predicted octanol–water partition coefficient (Wildman–Crippen LogP) is 1.92. The zero-order chi connectivity index (χ0) is 10.7. The second-order valence-corrected chi connectivity index (χ2v) is 4.41. The van der Waals surface area contributed by atoms with Gasteiger partial charge in [0.1, 0.15) is 0 Å². The SMILES string of the molecule is COC1=CC(=O)C(CC2CCOCC2)C1. The Hall–Kier alpha value is -0.830. The Labute approximate surface area is 90.4 Å². The molecule has 1 unspecified atom stereocenters. The molecular weight excluding hydrogens is 192 g/mol. The molecule has 1 aliphatic carbocycles. The van der Waals surface area contributed by atoms with Crippen LogP contribution in [-0.2, 0) is 14.3 Å². The minimum Gasteiger partial charge on any atom is -0.501 e. The van der Waals surface area contributed by atoms with Gasteiger partial charge in [-0.15, -0.1) is 0 Å². The number of ketones is 1. The third kappa shape index (κ3) is 2.59. The summed E-state index contributed by atoms with van der Waals surface area (Å²) in [6.45, 7) is 1.71. The lowest BCUT2D eigenvalue weighted by Gasteiger charge is -2.24. The maximum atomic E-state index is 11.6. The molecule has 0 N–H and O–H groups in total. The molecule has 1 saturated heterocycles. The first kappa shape index (κ1) is 10.7. The van der Waals surface area contributed by atoms with E-state index in [4.69, 9.17) is 9.47 Å². The smallest absolute Gasteiger partial charge is 0.162 e. The molecule has 0 aromatic heterocycles. The summed E-state index contributed by atoms with van der Waals surface area (Å²) in [5, 5.41) is 0. The molecule has 0 amide bonds. The van der Waals surface area contributed by atoms with Gasteiger partial charge in [0.2, 0.25) is 0 Å². The number of hydrogen-bond donors (Lipinski definition) is 0. The highest BCUT2D eigenvalue weighted by atomic mass is 16.5. The molecule has 0 radical (unpaired) electrons. The van der Waals surface area contributed by atoms with Crippen LogP contribution in [0, 0.1) is 11.8 Å². The van der Waals surface area contributed by atoms with Crippen molar-refractivity contribution in [1.29, 1.82) is 0 Å². The lowest BCUT2D eigenvalue weighted by atomic mass is 9.87. The van der Waals surface area contributed by atoms with E-state index in [2.05, 4.69) is 0 Å². The van der Waals surface area contributed by atoms with E-state index in [0.717, 1.165) is 44.7 Å². The summed E-state index contributed by atoms with van der Waals surface area (Å²) in [6, 6.07) is 0. The highest BCUT2D eigenvalue weighted by molar-refractivity contribution is 5.94. The Morgan fingerprint density at radius 2 is 2.20 bits per heavy atom. The molecule has 3 nitrogen and oxygen atoms in total. The van der Waals surface area contributed by atoms with Crippen LogP contribution < -0.4 is 0 Å². The van der Waals surface area contributed by atoms with E-state index in [0.29, 0.717) is 5.92 Å². The lowest BCUT2D eigenvalue weighted by molar-refractivity contribution is -0.118. The quantitative estimate of drug-likeness (QED) is 0.714. The molecule has 0 aromatic rings. The minimum absolute atomic E-state index is 0.169. The van der Waals surface area contributed by atoms with Gasteiger partial charge in [0, 0.05) is 31.6 Å². The maximum absolute atomic E-state index is 11.6. The van der Waals surface area contributed by atoms with Gasteiger partial charge in [0.05, 0.1) is 12.9 Å². The van der Waals surface area contributed by atoms with Crippen LogP contribution in [0.4, 0.5) is 0 Å². The average molecular weight is 210 g/mol. The minimum atomic E-state index is 0.169. The zero-order valence-electron chi connectivity index (χ0n) is 9.20. The van der Waals surface area contributed by atoms with Crippen LogP contribution in [0.3, 0.4) is 0 Å². The van der Waals surface area contributed by atoms with E-state index in [1.165, 1.54) is 0 Å². The molecule has 0 spiro atoms. The van der Waals surface area contributed by atoms with Crippen molar-refractivity contribution in [3.8, 4) is 0 Å². The molecule has 0 saturated carbocycles. The first-order valence-corrected chi connectivity index (χ1v) is 5.65. The van der Waals surface area contributed by atoms with Crippen LogP contribution >= 0.6 is 0 Å². The Morgan fingerprint density at radius 1 is 1.47 bits per heavy atom. The highest BCUT2D eigenvalue weighted by Gasteiger charge is 2.29. The van der Waals surface area contributed by atoms with Crippen LogP contribution in [0.2, 0.25) is 0 Å². The fourth-order valence-electron chi connectivity index (χ4n) is 2.41. The number of carbonyl (C=O) groups excluding carboxylic acids is 1. The summed E-state index contributed by atoms with van der Waals surface area (Å²) in [4.78, 5) is 11.6. The van der Waals surface area contributed by atoms with Crippen LogP contribution in [0.25, 0.3) is 0 Å². The molecule has 1 heterocycles. The number of allylic oxidation sites excluding steroid dienone is 2. The molecule has 15 heavy (non-hydrogen) atoms. The Bertz CT molecular complexity index is 264. The molecular formula is C12H18O3. The van der Waals surface area contributed by atoms with Gasteiger partial charge in [0.15, 0.2) is 5.78 Å². The number of carbonyl (C=O) groups is 1. The Kier molecular flexibility index (Phi) is 3.41. The number of hydrogen-bond acceptors (Lipinski definition) is 3. The van der Waals surface area contributed by atoms with Gasteiger partial charge in [-0.3, -0.25) is 4.79 Å². The van der Waals surface area contributed by atoms with Crippen molar-refractivity contribution in [2.45, 2.75) is 25.7 Å². The van der Waals surface area contributed by atoms with E-state index in [9.17, 15) is 4.79 Å². The molecule has 2 aliphatic rings. The number of methoxy groups -OCH3 is 1. The number of rotatable bonds is 3. The topological polar surface area (TPSA) is 35.5 Å². The van der Waals surface area contributed by atoms with Crippen molar-refractivity contribution in [2.75, 3.05) is 20.3 Å². The van der Waals surface area contributed by atoms with Crippen LogP contribution in [0.15, 0.2) is 11.8 Å². The van der Waals surface area contributed by atoms with E-state index >= 15 is 0 Å². The van der Waals surface area contributed by atoms with Gasteiger partial charge >= 0.3 is 0 Å². The normalized spacial score (nSPS) is 27.9. The van der Waals surface area contributed by atoms with Crippen molar-refractivity contribution in [3.63, 3.8) is 0 Å². The summed E-state index contributed by atoms with van der Waals surface area (Å²) >= 11 is 0. The summed E-state index contributed by atoms with van der Waals surface area (Å²) in [5.74, 6) is 1.93. The summed E-state index contributed by atoms with van der Waals surface area (Å²) in [7, 11) is 1.63. The molecule has 1 aliphatic heterocycles. The Balaban J connectivity index is 1.83. The Morgan fingerprint density at radius 3 is 2.80 bits per heavy atom. The lowest BCUT2D eigenvalue weighted by Crippen LogP contribution is -2.20. The van der Waals surface area contributed by atoms with Crippen molar-refractivity contribution in [1.82, 2.24) is 0 Å². The van der Waals surface area contributed by atoms with Gasteiger partial charge in [-0.05, 0) is 25.2 Å². The maximum Gasteiger partial charge on any atom is 0.162 e. The third-order valence-corrected chi connectivity index (χ3v) is 3.37. The third-order valence-electron chi connectivity index (χ3n) is 3.37. The van der Waals surface area contributed by atoms with Crippen LogP contribution in [0.5, 0.6) is 0 Å². The van der Waals surface area contributed by atoms with E-state index in [1.54, 1.807) is 13.2 Å². The fraction of sp³-hybridized carbons (Fsp3) is 0.750. The van der Waals surface area contributed by atoms with Gasteiger partial charge in [0.25, 0.3) is 0 Å². The van der Waals surface area contributed by atoms with Crippen LogP contribution in [-0.4, -0.2) is 26.1 Å². The average Bonchev–Trinajstić information content (AvgIpc) is 2.61. The standard InChI is InChI=1S/C12H18O3/c1-14-11-7-10(12(13)8-11)6-9-2-4-15-5-3-9/h8-10H,2-7H2,1H3. The summed E-state index contributed by atoms with van der Waals surface area (Å²) in [5.41, 5.74) is 0. The summed E-state index contributed by atoms with van der Waals surface area (Å²) < 4.78 is 10.4. The first-order valence-electron chi connectivity index (χ1n) is 5.65. The second-order valence-electron chi connectivity index (χ2n) is 4.41. The van der Waals surface area contributed by atoms with E-state index in [1.807, 2.05) is 0 Å². The van der Waals surface area contributed by atoms with E-state index in [-0.39, 0.29) is 11.7 Å². The highest BCUT2D eigenvalue weighted by Crippen LogP contribution is 2.31. The molecule has 0 bridgehead atoms. The predicted molar refractivity (Wildman–Crippen MR) is 56.4 cm³/mol. The van der Waals surface area contributed by atoms with Crippen LogP contribution in [0.1, 0.15) is 25.7 Å². The number of ether oxygens (including phenoxy) is 2. The monoisotopic (exact) mass is 210 g/mol. The van der Waals surface area contributed by atoms with Crippen molar-refractivity contribution in [2.24, 2.45) is 11.8 Å². The van der Waals surface area contributed by atoms with Gasteiger partial charge in [-0.1, -0.05) is 0 Å². The van der Waals surface area contributed by atoms with E-state index < -0.39 is 0 Å². The molecule has 3 heteroatoms. The van der Waals surface area contributed by atoms with Gasteiger partial charge < -0.3 is 9.47 Å². The molecule has 2 rings (SSSR count). The largest absolute Gasteiger partial charge is 0.501 e. The summed E-state index contributed by atoms with van der Waals surface area (Å²) in [6.07, 6.45) is 5.67. The van der Waals surface area contributed by atoms with Crippen molar-refractivity contribution >= 4 is 5.78 Å². The fourth-order valence-corrected chi connectivity index (χ4v) is 2.41. The van der Waals surface area contributed by atoms with Crippen molar-refractivity contribution < 1.29 is 14.3 Å². The molecule has 1 fully saturated rings. The van der Waals surface area contributed by atoms with Gasteiger partial charge in [-0.25, -0.2) is 0 Å². The first-order chi connectivity index (χ1) is 7.29. The molecule has 0 aromatic carbocycles. The zero-order valence-corrected chi connectivity index (χ0v) is 9.20. The molecule has 1 atom stereocenters. The van der Waals surface area contributed by atoms with Gasteiger partial charge in [-0.2, -0.15) is 0 Å². The second kappa shape index (κ2) is 4.79.